The molecule has 0 spiro atoms. The summed E-state index contributed by atoms with van der Waals surface area (Å²) in [5, 5.41) is 4.56. The highest BCUT2D eigenvalue weighted by atomic mass is 16.5. The van der Waals surface area contributed by atoms with Crippen LogP contribution in [0.5, 0.6) is 11.5 Å². The highest BCUT2D eigenvalue weighted by molar-refractivity contribution is 5.95. The summed E-state index contributed by atoms with van der Waals surface area (Å²) in [5.74, 6) is 1.13. The van der Waals surface area contributed by atoms with Crippen LogP contribution in [0.2, 0.25) is 0 Å². The van der Waals surface area contributed by atoms with Crippen LogP contribution in [0.25, 0.3) is 0 Å². The fraction of sp³-hybridized carbons (Fsp3) is 0.474. The van der Waals surface area contributed by atoms with Gasteiger partial charge in [0.25, 0.3) is 5.91 Å². The van der Waals surface area contributed by atoms with Crippen LogP contribution in [-0.4, -0.2) is 53.9 Å². The maximum atomic E-state index is 12.9. The Morgan fingerprint density at radius 2 is 2.12 bits per heavy atom. The summed E-state index contributed by atoms with van der Waals surface area (Å²) in [7, 11) is 1.56. The van der Waals surface area contributed by atoms with E-state index in [2.05, 4.69) is 18.1 Å². The molecule has 7 nitrogen and oxygen atoms in total. The molecule has 1 aromatic carbocycles. The van der Waals surface area contributed by atoms with E-state index in [1.54, 1.807) is 25.3 Å². The molecule has 1 saturated heterocycles. The van der Waals surface area contributed by atoms with E-state index >= 15 is 0 Å². The molecule has 1 aliphatic rings. The van der Waals surface area contributed by atoms with Crippen LogP contribution in [-0.2, 0) is 0 Å². The molecule has 1 aliphatic heterocycles. The Labute approximate surface area is 153 Å². The Morgan fingerprint density at radius 3 is 2.77 bits per heavy atom. The van der Waals surface area contributed by atoms with Gasteiger partial charge in [-0.05, 0) is 44.5 Å². The van der Waals surface area contributed by atoms with Crippen LogP contribution in [0.15, 0.2) is 24.3 Å². The van der Waals surface area contributed by atoms with Crippen molar-refractivity contribution >= 4 is 5.91 Å². The second kappa shape index (κ2) is 7.78. The Hall–Kier alpha value is -2.54. The highest BCUT2D eigenvalue weighted by Gasteiger charge is 2.29. The molecular formula is C19H26N4O3. The molecule has 1 aromatic heterocycles. The van der Waals surface area contributed by atoms with Crippen molar-refractivity contribution in [3.63, 3.8) is 0 Å². The molecule has 1 fully saturated rings. The van der Waals surface area contributed by atoms with E-state index in [0.29, 0.717) is 36.8 Å². The number of aromatic nitrogens is 2. The summed E-state index contributed by atoms with van der Waals surface area (Å²) in [6.45, 7) is 6.24. The van der Waals surface area contributed by atoms with Gasteiger partial charge in [0, 0.05) is 30.9 Å². The molecule has 0 unspecified atom stereocenters. The first-order valence-corrected chi connectivity index (χ1v) is 8.86. The Kier molecular flexibility index (Phi) is 5.46. The standard InChI is InChI=1S/C19H26N4O3/c1-13-10-14(2)23(21-13)16-6-8-22(12-16)19(24)15-4-5-17(26-9-7-20)18(11-15)25-3/h4-5,10-11,16H,6-9,12,20H2,1-3H3/t16-/m1/s1. The van der Waals surface area contributed by atoms with E-state index in [-0.39, 0.29) is 11.9 Å². The van der Waals surface area contributed by atoms with E-state index in [1.165, 1.54) is 0 Å². The number of carbonyl (C=O) groups is 1. The maximum Gasteiger partial charge on any atom is 0.254 e. The van der Waals surface area contributed by atoms with Crippen molar-refractivity contribution in [3.8, 4) is 11.5 Å². The predicted molar refractivity (Wildman–Crippen MR) is 98.8 cm³/mol. The first-order chi connectivity index (χ1) is 12.5. The van der Waals surface area contributed by atoms with E-state index < -0.39 is 0 Å². The van der Waals surface area contributed by atoms with Crippen molar-refractivity contribution in [2.75, 3.05) is 33.4 Å². The molecule has 1 amide bonds. The lowest BCUT2D eigenvalue weighted by Gasteiger charge is -2.18. The summed E-state index contributed by atoms with van der Waals surface area (Å²) in [6, 6.07) is 7.55. The first-order valence-electron chi connectivity index (χ1n) is 8.86. The summed E-state index contributed by atoms with van der Waals surface area (Å²) in [6.07, 6.45) is 0.905. The second-order valence-corrected chi connectivity index (χ2v) is 6.57. The van der Waals surface area contributed by atoms with Crippen LogP contribution in [0.4, 0.5) is 0 Å². The SMILES string of the molecule is COc1cc(C(=O)N2CC[C@@H](n3nc(C)cc3C)C2)ccc1OCCN. The largest absolute Gasteiger partial charge is 0.493 e. The fourth-order valence-electron chi connectivity index (χ4n) is 3.41. The zero-order valence-electron chi connectivity index (χ0n) is 15.6. The number of aryl methyl sites for hydroxylation is 2. The number of nitrogens with two attached hydrogens (primary N) is 1. The van der Waals surface area contributed by atoms with Gasteiger partial charge in [0.15, 0.2) is 11.5 Å². The molecule has 2 heterocycles. The van der Waals surface area contributed by atoms with Gasteiger partial charge in [-0.3, -0.25) is 9.48 Å². The minimum Gasteiger partial charge on any atom is -0.493 e. The fourth-order valence-corrected chi connectivity index (χ4v) is 3.41. The quantitative estimate of drug-likeness (QED) is 0.853. The monoisotopic (exact) mass is 358 g/mol. The van der Waals surface area contributed by atoms with Gasteiger partial charge >= 0.3 is 0 Å². The van der Waals surface area contributed by atoms with Gasteiger partial charge in [0.2, 0.25) is 0 Å². The second-order valence-electron chi connectivity index (χ2n) is 6.57. The van der Waals surface area contributed by atoms with E-state index in [4.69, 9.17) is 15.2 Å². The molecule has 1 atom stereocenters. The number of hydrogen-bond acceptors (Lipinski definition) is 5. The normalized spacial score (nSPS) is 16.8. The van der Waals surface area contributed by atoms with Crippen LogP contribution in [0.1, 0.15) is 34.2 Å². The lowest BCUT2D eigenvalue weighted by Crippen LogP contribution is -2.29. The molecule has 7 heteroatoms. The third-order valence-corrected chi connectivity index (χ3v) is 4.63. The lowest BCUT2D eigenvalue weighted by atomic mass is 10.1. The Bertz CT molecular complexity index is 787. The van der Waals surface area contributed by atoms with Crippen LogP contribution >= 0.6 is 0 Å². The number of nitrogens with zero attached hydrogens (tertiary/aromatic N) is 3. The van der Waals surface area contributed by atoms with Crippen molar-refractivity contribution in [1.29, 1.82) is 0 Å². The van der Waals surface area contributed by atoms with Gasteiger partial charge in [-0.15, -0.1) is 0 Å². The molecule has 0 bridgehead atoms. The molecule has 26 heavy (non-hydrogen) atoms. The minimum absolute atomic E-state index is 0.00212. The maximum absolute atomic E-state index is 12.9. The van der Waals surface area contributed by atoms with Crippen molar-refractivity contribution in [2.45, 2.75) is 26.3 Å². The molecule has 0 aliphatic carbocycles. The lowest BCUT2D eigenvalue weighted by molar-refractivity contribution is 0.0786. The summed E-state index contributed by atoms with van der Waals surface area (Å²) < 4.78 is 12.9. The Morgan fingerprint density at radius 1 is 1.31 bits per heavy atom. The molecule has 140 valence electrons. The number of carbonyl (C=O) groups excluding carboxylic acids is 1. The highest BCUT2D eigenvalue weighted by Crippen LogP contribution is 2.30. The predicted octanol–water partition coefficient (Wildman–Crippen LogP) is 1.93. The molecule has 2 N–H and O–H groups in total. The van der Waals surface area contributed by atoms with Crippen LogP contribution in [0.3, 0.4) is 0 Å². The smallest absolute Gasteiger partial charge is 0.254 e. The molecule has 3 rings (SSSR count). The first kappa shape index (κ1) is 18.3. The van der Waals surface area contributed by atoms with Crippen molar-refractivity contribution in [1.82, 2.24) is 14.7 Å². The van der Waals surface area contributed by atoms with E-state index in [0.717, 1.165) is 24.4 Å². The van der Waals surface area contributed by atoms with Crippen molar-refractivity contribution in [3.05, 3.63) is 41.2 Å². The van der Waals surface area contributed by atoms with Gasteiger partial charge in [-0.2, -0.15) is 5.10 Å². The molecule has 2 aromatic rings. The Balaban J connectivity index is 1.72. The summed E-state index contributed by atoms with van der Waals surface area (Å²) in [4.78, 5) is 14.8. The average Bonchev–Trinajstić information content (AvgIpc) is 3.25. The summed E-state index contributed by atoms with van der Waals surface area (Å²) in [5.41, 5.74) is 8.20. The number of ether oxygens (including phenoxy) is 2. The number of benzene rings is 1. The van der Waals surface area contributed by atoms with Crippen LogP contribution in [0, 0.1) is 13.8 Å². The topological polar surface area (TPSA) is 82.6 Å². The van der Waals surface area contributed by atoms with Gasteiger partial charge in [0.1, 0.15) is 6.61 Å². The number of rotatable bonds is 6. The third kappa shape index (κ3) is 3.67. The van der Waals surface area contributed by atoms with E-state index in [1.807, 2.05) is 16.5 Å². The molecule has 0 radical (unpaired) electrons. The number of likely N-dealkylation sites (tertiary alicyclic amines) is 1. The van der Waals surface area contributed by atoms with E-state index in [9.17, 15) is 4.79 Å². The van der Waals surface area contributed by atoms with Gasteiger partial charge in [0.05, 0.1) is 18.8 Å². The molecular weight excluding hydrogens is 332 g/mol. The van der Waals surface area contributed by atoms with Gasteiger partial charge < -0.3 is 20.1 Å². The van der Waals surface area contributed by atoms with Gasteiger partial charge in [-0.1, -0.05) is 0 Å². The summed E-state index contributed by atoms with van der Waals surface area (Å²) >= 11 is 0. The minimum atomic E-state index is -0.00212. The zero-order valence-corrected chi connectivity index (χ0v) is 15.6. The van der Waals surface area contributed by atoms with Crippen molar-refractivity contribution in [2.24, 2.45) is 5.73 Å². The number of amides is 1. The van der Waals surface area contributed by atoms with Crippen molar-refractivity contribution < 1.29 is 14.3 Å². The van der Waals surface area contributed by atoms with Crippen LogP contribution < -0.4 is 15.2 Å². The number of methoxy groups -OCH3 is 1. The molecule has 0 saturated carbocycles. The third-order valence-electron chi connectivity index (χ3n) is 4.63. The average molecular weight is 358 g/mol. The number of hydrogen-bond donors (Lipinski definition) is 1. The zero-order chi connectivity index (χ0) is 18.7. The van der Waals surface area contributed by atoms with Gasteiger partial charge in [-0.25, -0.2) is 0 Å².